The second kappa shape index (κ2) is 28.9. The molecule has 0 bridgehead atoms. The summed E-state index contributed by atoms with van der Waals surface area (Å²) in [4.78, 5) is 103. The van der Waals surface area contributed by atoms with E-state index in [0.29, 0.717) is 0 Å². The van der Waals surface area contributed by atoms with Gasteiger partial charge in [0, 0.05) is 0 Å². The Morgan fingerprint density at radius 1 is 0.308 bits per heavy atom. The molecule has 0 aromatic rings. The predicted octanol–water partition coefficient (Wildman–Crippen LogP) is -14.4. The van der Waals surface area contributed by atoms with E-state index < -0.39 is 31.3 Å². The molecule has 0 fully saturated rings. The van der Waals surface area contributed by atoms with Crippen molar-refractivity contribution < 1.29 is 77.0 Å². The van der Waals surface area contributed by atoms with Crippen molar-refractivity contribution in [2.45, 2.75) is 0 Å². The van der Waals surface area contributed by atoms with Gasteiger partial charge >= 0.3 is 109 Å². The van der Waals surface area contributed by atoms with Crippen molar-refractivity contribution in [3.8, 4) is 0 Å². The Hall–Kier alpha value is 3.86. The molecule has 0 aliphatic carbocycles. The minimum atomic E-state index is -5.39. The Morgan fingerprint density at radius 3 is 0.308 bits per heavy atom. The van der Waals surface area contributed by atoms with Crippen molar-refractivity contribution in [2.24, 2.45) is 0 Å². The summed E-state index contributed by atoms with van der Waals surface area (Å²) in [7, 11) is -21.6. The molecule has 134 valence electrons. The zero-order valence-electron chi connectivity index (χ0n) is 9.82. The van der Waals surface area contributed by atoms with Crippen LogP contribution in [0.3, 0.4) is 0 Å². The van der Waals surface area contributed by atoms with Crippen molar-refractivity contribution >= 4 is 141 Å². The molecule has 0 saturated heterocycles. The molecule has 26 heteroatoms. The Kier molecular flexibility index (Phi) is 70.0. The van der Waals surface area contributed by atoms with Gasteiger partial charge in [-0.3, -0.25) is 0 Å². The SMILES string of the molecule is O=P([O-])([O-])[O-].O=P([O-])([O-])[O-].O=P([O-])([O-])[O-].O=P([O-])([O-])[O-].[Ge+4].[Ge+4].[Ge+4].[LiH].[LiH].[LiH]. The van der Waals surface area contributed by atoms with Gasteiger partial charge in [0.2, 0.25) is 0 Å². The summed E-state index contributed by atoms with van der Waals surface area (Å²) in [5.74, 6) is 0. The molecule has 16 nitrogen and oxygen atoms in total. The van der Waals surface area contributed by atoms with Gasteiger partial charge in [-0.2, -0.15) is 31.3 Å². The first kappa shape index (κ1) is 63.1. The van der Waals surface area contributed by atoms with E-state index in [1.165, 1.54) is 0 Å². The zero-order valence-corrected chi connectivity index (χ0v) is 19.7. The fourth-order valence-electron chi connectivity index (χ4n) is 0. The Labute approximate surface area is 215 Å². The molecule has 0 N–H and O–H groups in total. The monoisotopic (exact) mass is 626 g/mol. The number of phosphoric acid groups is 4. The molecule has 0 unspecified atom stereocenters. The summed E-state index contributed by atoms with van der Waals surface area (Å²) < 4.78 is 34.2. The van der Waals surface area contributed by atoms with Crippen LogP contribution < -0.4 is 58.7 Å². The third kappa shape index (κ3) is 1350. The molecule has 0 aliphatic rings. The van der Waals surface area contributed by atoms with Crippen LogP contribution in [0.5, 0.6) is 0 Å². The summed E-state index contributed by atoms with van der Waals surface area (Å²) in [6.07, 6.45) is 0. The van der Waals surface area contributed by atoms with Crippen molar-refractivity contribution in [3.05, 3.63) is 0 Å². The average molecular weight is 622 g/mol. The summed E-state index contributed by atoms with van der Waals surface area (Å²) in [5, 5.41) is 0. The van der Waals surface area contributed by atoms with E-state index in [9.17, 15) is 0 Å². The molecule has 0 aliphatic heterocycles. The van der Waals surface area contributed by atoms with Crippen LogP contribution in [0.25, 0.3) is 0 Å². The zero-order chi connectivity index (χ0) is 18.0. The van der Waals surface area contributed by atoms with Gasteiger partial charge in [-0.25, -0.2) is 0 Å². The first-order valence-corrected chi connectivity index (χ1v) is 8.76. The molecular formula is H3Ge3Li3O16P4. The summed E-state index contributed by atoms with van der Waals surface area (Å²) in [6.45, 7) is 0. The van der Waals surface area contributed by atoms with Gasteiger partial charge in [0.1, 0.15) is 0 Å². The van der Waals surface area contributed by atoms with Crippen molar-refractivity contribution in [2.75, 3.05) is 0 Å². The van der Waals surface area contributed by atoms with E-state index in [1.54, 1.807) is 0 Å². The Balaban J connectivity index is -0.0000000152. The van der Waals surface area contributed by atoms with Crippen LogP contribution >= 0.6 is 31.3 Å². The summed E-state index contributed by atoms with van der Waals surface area (Å²) in [5.41, 5.74) is 0. The predicted molar refractivity (Wildman–Crippen MR) is 69.1 cm³/mol. The van der Waals surface area contributed by atoms with Crippen LogP contribution in [0.15, 0.2) is 0 Å². The number of rotatable bonds is 0. The molecule has 0 heterocycles. The third-order valence-electron chi connectivity index (χ3n) is 0. The maximum atomic E-state index is 8.55. The van der Waals surface area contributed by atoms with E-state index >= 15 is 0 Å². The molecule has 0 aromatic carbocycles. The molecule has 0 aromatic heterocycles. The van der Waals surface area contributed by atoms with Crippen LogP contribution in [-0.4, -0.2) is 109 Å². The first-order valence-electron chi connectivity index (χ1n) is 2.92. The normalized spacial score (nSPS) is 9.08. The molecular weight excluding hydrogens is 619 g/mol. The van der Waals surface area contributed by atoms with Crippen LogP contribution in [0, 0.1) is 0 Å². The molecule has 0 rings (SSSR count). The van der Waals surface area contributed by atoms with Gasteiger partial charge in [-0.15, -0.1) is 0 Å². The molecule has 0 spiro atoms. The molecule has 0 saturated carbocycles. The summed E-state index contributed by atoms with van der Waals surface area (Å²) >= 11 is 0. The Bertz CT molecular complexity index is 305. The van der Waals surface area contributed by atoms with Gasteiger partial charge in [-0.05, 0) is 0 Å². The number of hydrogen-bond acceptors (Lipinski definition) is 16. The minimum absolute atomic E-state index is 0. The molecule has 26 heavy (non-hydrogen) atoms. The fourth-order valence-corrected chi connectivity index (χ4v) is 0. The van der Waals surface area contributed by atoms with Crippen molar-refractivity contribution in [1.82, 2.24) is 0 Å². The van der Waals surface area contributed by atoms with Crippen LogP contribution in [-0.2, 0) is 18.3 Å². The van der Waals surface area contributed by atoms with E-state index in [-0.39, 0.29) is 109 Å². The quantitative estimate of drug-likeness (QED) is 0.179. The first-order chi connectivity index (χ1) is 8.00. The standard InChI is InChI=1S/3Ge.3Li.4H3O4P.3H/c;;;;;;4*1-5(2,3)4;;;/h;;;;;;4*(H3,1,2,3,4);;;/q3*+4;;;;;;;;;;/p-12. The van der Waals surface area contributed by atoms with Crippen molar-refractivity contribution in [3.63, 3.8) is 0 Å². The van der Waals surface area contributed by atoms with E-state index in [2.05, 4.69) is 0 Å². The molecule has 0 atom stereocenters. The maximum absolute atomic E-state index is 8.55. The van der Waals surface area contributed by atoms with Crippen molar-refractivity contribution in [1.29, 1.82) is 0 Å². The van der Waals surface area contributed by atoms with E-state index in [0.717, 1.165) is 0 Å². The van der Waals surface area contributed by atoms with Gasteiger partial charge in [0.05, 0.1) is 0 Å². The topological polar surface area (TPSA) is 345 Å². The van der Waals surface area contributed by atoms with Gasteiger partial charge in [0.15, 0.2) is 0 Å². The second-order valence-corrected chi connectivity index (χ2v) is 5.37. The molecule has 0 radical (unpaired) electrons. The van der Waals surface area contributed by atoms with E-state index in [4.69, 9.17) is 77.0 Å². The van der Waals surface area contributed by atoms with Gasteiger partial charge < -0.3 is 77.0 Å². The number of hydrogen-bond donors (Lipinski definition) is 0. The van der Waals surface area contributed by atoms with E-state index in [1.807, 2.05) is 0 Å². The van der Waals surface area contributed by atoms with Crippen LogP contribution in [0.2, 0.25) is 0 Å². The fraction of sp³-hybridized carbons (Fsp3) is 0. The van der Waals surface area contributed by atoms with Crippen LogP contribution in [0.4, 0.5) is 0 Å². The van der Waals surface area contributed by atoms with Crippen LogP contribution in [0.1, 0.15) is 0 Å². The van der Waals surface area contributed by atoms with Gasteiger partial charge in [0.25, 0.3) is 0 Å². The Morgan fingerprint density at radius 2 is 0.308 bits per heavy atom. The molecule has 0 amide bonds. The van der Waals surface area contributed by atoms with Gasteiger partial charge in [-0.1, -0.05) is 0 Å². The summed E-state index contributed by atoms with van der Waals surface area (Å²) in [6, 6.07) is 0. The average Bonchev–Trinajstić information content (AvgIpc) is 1.62. The second-order valence-electron chi connectivity index (χ2n) is 1.79. The third-order valence-corrected chi connectivity index (χ3v) is 0.